The number of aryl methyl sites for hydroxylation is 2. The fourth-order valence-corrected chi connectivity index (χ4v) is 2.53. The Bertz CT molecular complexity index is 564. The summed E-state index contributed by atoms with van der Waals surface area (Å²) in [6.07, 6.45) is -4.67. The zero-order valence-electron chi connectivity index (χ0n) is 13.4. The zero-order valence-corrected chi connectivity index (χ0v) is 13.4. The van der Waals surface area contributed by atoms with E-state index >= 15 is 0 Å². The lowest BCUT2D eigenvalue weighted by Crippen LogP contribution is -2.65. The highest BCUT2D eigenvalue weighted by molar-refractivity contribution is 5.73. The molecule has 1 fully saturated rings. The van der Waals surface area contributed by atoms with Gasteiger partial charge in [-0.05, 0) is 31.0 Å². The maximum Gasteiger partial charge on any atom is 0.223 e. The zero-order chi connectivity index (χ0) is 17.1. The van der Waals surface area contributed by atoms with Crippen LogP contribution >= 0.6 is 0 Å². The van der Waals surface area contributed by atoms with Crippen LogP contribution in [0.3, 0.4) is 0 Å². The van der Waals surface area contributed by atoms with E-state index in [0.29, 0.717) is 5.75 Å². The molecule has 0 saturated carbocycles. The number of aliphatic hydroxyl groups excluding tert-OH is 3. The molecule has 7 nitrogen and oxygen atoms in total. The molecule has 1 aromatic rings. The first-order chi connectivity index (χ1) is 10.8. The summed E-state index contributed by atoms with van der Waals surface area (Å²) in [7, 11) is 0. The number of hydrogen-bond acceptors (Lipinski definition) is 6. The molecule has 5 atom stereocenters. The van der Waals surface area contributed by atoms with E-state index in [-0.39, 0.29) is 5.91 Å². The molecular formula is C16H23NO6. The van der Waals surface area contributed by atoms with Gasteiger partial charge >= 0.3 is 0 Å². The van der Waals surface area contributed by atoms with Gasteiger partial charge in [0.05, 0.1) is 6.61 Å². The van der Waals surface area contributed by atoms with Crippen LogP contribution in [0.15, 0.2) is 18.2 Å². The predicted octanol–water partition coefficient (Wildman–Crippen LogP) is -0.374. The fourth-order valence-electron chi connectivity index (χ4n) is 2.53. The Morgan fingerprint density at radius 1 is 1.30 bits per heavy atom. The van der Waals surface area contributed by atoms with Crippen molar-refractivity contribution < 1.29 is 29.6 Å². The molecule has 0 unspecified atom stereocenters. The molecule has 0 aliphatic carbocycles. The molecule has 7 heteroatoms. The Kier molecular flexibility index (Phi) is 5.59. The van der Waals surface area contributed by atoms with Crippen molar-refractivity contribution in [1.82, 2.24) is 5.32 Å². The van der Waals surface area contributed by atoms with E-state index in [4.69, 9.17) is 9.47 Å². The van der Waals surface area contributed by atoms with Gasteiger partial charge in [0.1, 0.15) is 30.1 Å². The molecule has 4 N–H and O–H groups in total. The summed E-state index contributed by atoms with van der Waals surface area (Å²) in [6, 6.07) is 4.68. The first-order valence-corrected chi connectivity index (χ1v) is 7.47. The molecule has 1 amide bonds. The average Bonchev–Trinajstić information content (AvgIpc) is 2.49. The van der Waals surface area contributed by atoms with Gasteiger partial charge in [-0.3, -0.25) is 4.79 Å². The Morgan fingerprint density at radius 2 is 2.00 bits per heavy atom. The Balaban J connectivity index is 2.27. The Labute approximate surface area is 134 Å². The largest absolute Gasteiger partial charge is 0.462 e. The van der Waals surface area contributed by atoms with Gasteiger partial charge in [0.2, 0.25) is 12.2 Å². The molecule has 2 rings (SSSR count). The van der Waals surface area contributed by atoms with E-state index in [1.165, 1.54) is 6.92 Å². The third-order valence-corrected chi connectivity index (χ3v) is 3.84. The fraction of sp³-hybridized carbons (Fsp3) is 0.562. The van der Waals surface area contributed by atoms with Crippen molar-refractivity contribution in [2.45, 2.75) is 51.4 Å². The van der Waals surface area contributed by atoms with Crippen molar-refractivity contribution in [3.05, 3.63) is 29.3 Å². The number of amides is 1. The molecule has 0 bridgehead atoms. The summed E-state index contributed by atoms with van der Waals surface area (Å²) in [6.45, 7) is 4.60. The van der Waals surface area contributed by atoms with Crippen molar-refractivity contribution in [3.63, 3.8) is 0 Å². The van der Waals surface area contributed by atoms with Gasteiger partial charge in [-0.1, -0.05) is 12.1 Å². The second kappa shape index (κ2) is 7.27. The van der Waals surface area contributed by atoms with Crippen molar-refractivity contribution in [1.29, 1.82) is 0 Å². The standard InChI is InChI=1S/C16H23NO6/c1-8-4-5-9(2)11(6-8)22-16-13(17-10(3)19)15(21)14(20)12(7-18)23-16/h4-6,12-16,18,20-21H,7H2,1-3H3,(H,17,19)/t12-,13-,14+,15-,16+/m0/s1. The van der Waals surface area contributed by atoms with E-state index in [2.05, 4.69) is 5.32 Å². The van der Waals surface area contributed by atoms with Crippen LogP contribution in [-0.2, 0) is 9.53 Å². The lowest BCUT2D eigenvalue weighted by molar-refractivity contribution is -0.244. The van der Waals surface area contributed by atoms with E-state index in [1.54, 1.807) is 0 Å². The minimum atomic E-state index is -1.32. The molecule has 0 spiro atoms. The summed E-state index contributed by atoms with van der Waals surface area (Å²) in [4.78, 5) is 11.4. The van der Waals surface area contributed by atoms with Gasteiger partial charge < -0.3 is 30.1 Å². The molecule has 1 aromatic carbocycles. The lowest BCUT2D eigenvalue weighted by atomic mass is 9.97. The van der Waals surface area contributed by atoms with Crippen molar-refractivity contribution in [2.24, 2.45) is 0 Å². The first-order valence-electron chi connectivity index (χ1n) is 7.47. The second-order valence-corrected chi connectivity index (χ2v) is 5.82. The molecular weight excluding hydrogens is 302 g/mol. The highest BCUT2D eigenvalue weighted by Crippen LogP contribution is 2.27. The summed E-state index contributed by atoms with van der Waals surface area (Å²) >= 11 is 0. The van der Waals surface area contributed by atoms with Crippen LogP contribution in [0, 0.1) is 13.8 Å². The minimum absolute atomic E-state index is 0.387. The quantitative estimate of drug-likeness (QED) is 0.601. The number of hydrogen-bond donors (Lipinski definition) is 4. The SMILES string of the molecule is CC(=O)N[C@@H]1[C@H](Oc2cc(C)ccc2C)O[C@@H](CO)[C@@H](O)[C@H]1O. The highest BCUT2D eigenvalue weighted by atomic mass is 16.7. The van der Waals surface area contributed by atoms with Crippen molar-refractivity contribution >= 4 is 5.91 Å². The summed E-state index contributed by atoms with van der Waals surface area (Å²) in [5.74, 6) is 0.160. The van der Waals surface area contributed by atoms with Crippen molar-refractivity contribution in [3.8, 4) is 5.75 Å². The monoisotopic (exact) mass is 325 g/mol. The van der Waals surface area contributed by atoms with E-state index in [9.17, 15) is 20.1 Å². The smallest absolute Gasteiger partial charge is 0.223 e. The third kappa shape index (κ3) is 4.00. The molecule has 1 saturated heterocycles. The van der Waals surface area contributed by atoms with E-state index in [0.717, 1.165) is 11.1 Å². The normalized spacial score (nSPS) is 30.8. The van der Waals surface area contributed by atoms with Gasteiger partial charge in [-0.2, -0.15) is 0 Å². The number of rotatable bonds is 4. The van der Waals surface area contributed by atoms with Crippen LogP contribution in [0.1, 0.15) is 18.1 Å². The van der Waals surface area contributed by atoms with Crippen LogP contribution in [0.5, 0.6) is 5.75 Å². The number of benzene rings is 1. The molecule has 1 aliphatic rings. The van der Waals surface area contributed by atoms with Crippen LogP contribution in [0.4, 0.5) is 0 Å². The highest BCUT2D eigenvalue weighted by Gasteiger charge is 2.46. The number of carbonyl (C=O) groups is 1. The van der Waals surface area contributed by atoms with Crippen LogP contribution < -0.4 is 10.1 Å². The molecule has 0 radical (unpaired) electrons. The molecule has 128 valence electrons. The minimum Gasteiger partial charge on any atom is -0.462 e. The van der Waals surface area contributed by atoms with Gasteiger partial charge in [0.25, 0.3) is 0 Å². The van der Waals surface area contributed by atoms with Crippen LogP contribution in [0.2, 0.25) is 0 Å². The van der Waals surface area contributed by atoms with E-state index < -0.39 is 37.3 Å². The lowest BCUT2D eigenvalue weighted by Gasteiger charge is -2.42. The predicted molar refractivity (Wildman–Crippen MR) is 81.9 cm³/mol. The maximum absolute atomic E-state index is 11.4. The van der Waals surface area contributed by atoms with Gasteiger partial charge in [-0.15, -0.1) is 0 Å². The summed E-state index contributed by atoms with van der Waals surface area (Å²) in [5, 5.41) is 32.0. The van der Waals surface area contributed by atoms with Gasteiger partial charge in [0, 0.05) is 6.92 Å². The Hall–Kier alpha value is -1.67. The topological polar surface area (TPSA) is 108 Å². The maximum atomic E-state index is 11.4. The summed E-state index contributed by atoms with van der Waals surface area (Å²) < 4.78 is 11.3. The van der Waals surface area contributed by atoms with E-state index in [1.807, 2.05) is 32.0 Å². The molecule has 1 heterocycles. The molecule has 23 heavy (non-hydrogen) atoms. The molecule has 1 aliphatic heterocycles. The van der Waals surface area contributed by atoms with Gasteiger partial charge in [0.15, 0.2) is 0 Å². The van der Waals surface area contributed by atoms with Crippen LogP contribution in [0.25, 0.3) is 0 Å². The Morgan fingerprint density at radius 3 is 2.61 bits per heavy atom. The summed E-state index contributed by atoms with van der Waals surface area (Å²) in [5.41, 5.74) is 1.85. The van der Waals surface area contributed by atoms with Crippen molar-refractivity contribution in [2.75, 3.05) is 6.61 Å². The second-order valence-electron chi connectivity index (χ2n) is 5.82. The first kappa shape index (κ1) is 17.7. The van der Waals surface area contributed by atoms with Crippen LogP contribution in [-0.4, -0.2) is 58.5 Å². The number of ether oxygens (including phenoxy) is 2. The molecule has 0 aromatic heterocycles. The number of nitrogens with one attached hydrogen (secondary N) is 1. The number of carbonyl (C=O) groups excluding carboxylic acids is 1. The van der Waals surface area contributed by atoms with Gasteiger partial charge in [-0.25, -0.2) is 0 Å². The third-order valence-electron chi connectivity index (χ3n) is 3.84. The average molecular weight is 325 g/mol. The number of aliphatic hydroxyl groups is 3.